The summed E-state index contributed by atoms with van der Waals surface area (Å²) in [5.74, 6) is 0.438. The number of ether oxygens (including phenoxy) is 1. The van der Waals surface area contributed by atoms with Gasteiger partial charge in [0.05, 0.1) is 11.6 Å². The number of hydrogen-bond donors (Lipinski definition) is 1. The van der Waals surface area contributed by atoms with Crippen LogP contribution in [0.4, 0.5) is 10.1 Å². The van der Waals surface area contributed by atoms with E-state index >= 15 is 0 Å². The van der Waals surface area contributed by atoms with Gasteiger partial charge < -0.3 is 10.1 Å². The molecule has 2 aromatic rings. The predicted molar refractivity (Wildman–Crippen MR) is 76.3 cm³/mol. The first-order valence-corrected chi connectivity index (χ1v) is 6.48. The number of halogens is 2. The summed E-state index contributed by atoms with van der Waals surface area (Å²) in [6.07, 6.45) is 0. The second-order valence-corrected chi connectivity index (χ2v) is 4.43. The summed E-state index contributed by atoms with van der Waals surface area (Å²) in [5.41, 5.74) is 1.45. The van der Waals surface area contributed by atoms with E-state index in [0.717, 1.165) is 5.69 Å². The molecule has 0 fully saturated rings. The fraction of sp³-hybridized carbons (Fsp3) is 0.200. The van der Waals surface area contributed by atoms with Crippen molar-refractivity contribution in [2.75, 3.05) is 11.9 Å². The van der Waals surface area contributed by atoms with Crippen LogP contribution in [0.15, 0.2) is 42.5 Å². The molecule has 0 aromatic heterocycles. The molecule has 0 aliphatic heterocycles. The van der Waals surface area contributed by atoms with Crippen LogP contribution in [0.1, 0.15) is 12.5 Å². The molecule has 0 amide bonds. The van der Waals surface area contributed by atoms with E-state index in [4.69, 9.17) is 16.3 Å². The Morgan fingerprint density at radius 1 is 1.21 bits per heavy atom. The molecule has 0 heterocycles. The Balaban J connectivity index is 2.04. The molecule has 4 heteroatoms. The zero-order valence-corrected chi connectivity index (χ0v) is 11.4. The van der Waals surface area contributed by atoms with E-state index in [-0.39, 0.29) is 5.82 Å². The standard InChI is InChI=1S/C15H15ClFNO/c1-2-19-15-8-7-12(9-13(15)16)18-10-11-5-3-4-6-14(11)17/h3-9,18H,2,10H2,1H3. The topological polar surface area (TPSA) is 21.3 Å². The van der Waals surface area contributed by atoms with Crippen LogP contribution < -0.4 is 10.1 Å². The Hall–Kier alpha value is -1.74. The van der Waals surface area contributed by atoms with E-state index < -0.39 is 0 Å². The molecule has 0 aliphatic carbocycles. The van der Waals surface area contributed by atoms with E-state index in [1.165, 1.54) is 6.07 Å². The van der Waals surface area contributed by atoms with Crippen molar-refractivity contribution >= 4 is 17.3 Å². The molecule has 0 bridgehead atoms. The zero-order chi connectivity index (χ0) is 13.7. The highest BCUT2D eigenvalue weighted by molar-refractivity contribution is 6.32. The molecular formula is C15H15ClFNO. The van der Waals surface area contributed by atoms with Crippen LogP contribution in [0.5, 0.6) is 5.75 Å². The maximum Gasteiger partial charge on any atom is 0.138 e. The fourth-order valence-corrected chi connectivity index (χ4v) is 1.96. The van der Waals surface area contributed by atoms with Crippen LogP contribution in [-0.2, 0) is 6.54 Å². The molecule has 100 valence electrons. The molecule has 0 spiro atoms. The van der Waals surface area contributed by atoms with Crippen LogP contribution in [0.2, 0.25) is 5.02 Å². The predicted octanol–water partition coefficient (Wildman–Crippen LogP) is 4.49. The number of anilines is 1. The smallest absolute Gasteiger partial charge is 0.138 e. The summed E-state index contributed by atoms with van der Waals surface area (Å²) in [6.45, 7) is 2.89. The van der Waals surface area contributed by atoms with Crippen molar-refractivity contribution in [1.82, 2.24) is 0 Å². The summed E-state index contributed by atoms with van der Waals surface area (Å²) in [7, 11) is 0. The first-order valence-electron chi connectivity index (χ1n) is 6.10. The van der Waals surface area contributed by atoms with Crippen LogP contribution in [0, 0.1) is 5.82 Å². The van der Waals surface area contributed by atoms with Gasteiger partial charge in [0, 0.05) is 17.8 Å². The van der Waals surface area contributed by atoms with E-state index in [0.29, 0.717) is 29.5 Å². The second kappa shape index (κ2) is 6.43. The Labute approximate surface area is 117 Å². The molecule has 0 saturated carbocycles. The lowest BCUT2D eigenvalue weighted by Crippen LogP contribution is -2.02. The van der Waals surface area contributed by atoms with Gasteiger partial charge in [0.15, 0.2) is 0 Å². The van der Waals surface area contributed by atoms with Crippen molar-refractivity contribution in [3.63, 3.8) is 0 Å². The Kier molecular flexibility index (Phi) is 4.63. The number of nitrogens with one attached hydrogen (secondary N) is 1. The van der Waals surface area contributed by atoms with Crippen molar-refractivity contribution < 1.29 is 9.13 Å². The van der Waals surface area contributed by atoms with Gasteiger partial charge in [-0.05, 0) is 31.2 Å². The van der Waals surface area contributed by atoms with Gasteiger partial charge in [-0.3, -0.25) is 0 Å². The molecule has 0 radical (unpaired) electrons. The SMILES string of the molecule is CCOc1ccc(NCc2ccccc2F)cc1Cl. The normalized spacial score (nSPS) is 10.3. The Bertz CT molecular complexity index is 560. The quantitative estimate of drug-likeness (QED) is 0.871. The molecule has 2 rings (SSSR count). The van der Waals surface area contributed by atoms with E-state index in [2.05, 4.69) is 5.32 Å². The molecule has 1 N–H and O–H groups in total. The highest BCUT2D eigenvalue weighted by Gasteiger charge is 2.04. The molecule has 0 saturated heterocycles. The van der Waals surface area contributed by atoms with Gasteiger partial charge in [-0.2, -0.15) is 0 Å². The lowest BCUT2D eigenvalue weighted by atomic mass is 10.2. The number of benzene rings is 2. The lowest BCUT2D eigenvalue weighted by molar-refractivity contribution is 0.340. The lowest BCUT2D eigenvalue weighted by Gasteiger charge is -2.10. The average Bonchev–Trinajstić information content (AvgIpc) is 2.41. The third kappa shape index (κ3) is 3.61. The molecule has 0 aliphatic rings. The highest BCUT2D eigenvalue weighted by Crippen LogP contribution is 2.27. The summed E-state index contributed by atoms with van der Waals surface area (Å²) in [6, 6.07) is 12.1. The number of hydrogen-bond acceptors (Lipinski definition) is 2. The molecule has 19 heavy (non-hydrogen) atoms. The van der Waals surface area contributed by atoms with Crippen molar-refractivity contribution in [2.45, 2.75) is 13.5 Å². The first-order chi connectivity index (χ1) is 9.20. The molecule has 2 aromatic carbocycles. The van der Waals surface area contributed by atoms with Gasteiger partial charge in [-0.15, -0.1) is 0 Å². The van der Waals surface area contributed by atoms with E-state index in [9.17, 15) is 4.39 Å². The van der Waals surface area contributed by atoms with Crippen LogP contribution >= 0.6 is 11.6 Å². The van der Waals surface area contributed by atoms with Crippen molar-refractivity contribution in [1.29, 1.82) is 0 Å². The molecule has 2 nitrogen and oxygen atoms in total. The first kappa shape index (κ1) is 13.7. The van der Waals surface area contributed by atoms with Crippen molar-refractivity contribution in [3.05, 3.63) is 58.9 Å². The van der Waals surface area contributed by atoms with Gasteiger partial charge in [0.2, 0.25) is 0 Å². The summed E-state index contributed by atoms with van der Waals surface area (Å²) in [4.78, 5) is 0. The minimum absolute atomic E-state index is 0.216. The third-order valence-electron chi connectivity index (χ3n) is 2.67. The highest BCUT2D eigenvalue weighted by atomic mass is 35.5. The van der Waals surface area contributed by atoms with Gasteiger partial charge in [-0.1, -0.05) is 29.8 Å². The molecule has 0 unspecified atom stereocenters. The average molecular weight is 280 g/mol. The minimum atomic E-state index is -0.216. The van der Waals surface area contributed by atoms with Crippen molar-refractivity contribution in [3.8, 4) is 5.75 Å². The van der Waals surface area contributed by atoms with Gasteiger partial charge in [0.25, 0.3) is 0 Å². The maximum atomic E-state index is 13.5. The fourth-order valence-electron chi connectivity index (χ4n) is 1.72. The largest absolute Gasteiger partial charge is 0.492 e. The van der Waals surface area contributed by atoms with Crippen LogP contribution in [0.3, 0.4) is 0 Å². The Morgan fingerprint density at radius 3 is 2.68 bits per heavy atom. The zero-order valence-electron chi connectivity index (χ0n) is 10.6. The minimum Gasteiger partial charge on any atom is -0.492 e. The van der Waals surface area contributed by atoms with Gasteiger partial charge in [0.1, 0.15) is 11.6 Å². The van der Waals surface area contributed by atoms with Gasteiger partial charge in [-0.25, -0.2) is 4.39 Å². The maximum absolute atomic E-state index is 13.5. The second-order valence-electron chi connectivity index (χ2n) is 4.02. The summed E-state index contributed by atoms with van der Waals surface area (Å²) < 4.78 is 18.8. The number of rotatable bonds is 5. The van der Waals surface area contributed by atoms with Crippen molar-refractivity contribution in [2.24, 2.45) is 0 Å². The molecule has 0 atom stereocenters. The monoisotopic (exact) mass is 279 g/mol. The summed E-state index contributed by atoms with van der Waals surface area (Å²) >= 11 is 6.08. The Morgan fingerprint density at radius 2 is 2.00 bits per heavy atom. The summed E-state index contributed by atoms with van der Waals surface area (Å²) in [5, 5.41) is 3.67. The van der Waals surface area contributed by atoms with Crippen LogP contribution in [-0.4, -0.2) is 6.61 Å². The van der Waals surface area contributed by atoms with Crippen LogP contribution in [0.25, 0.3) is 0 Å². The third-order valence-corrected chi connectivity index (χ3v) is 2.97. The van der Waals surface area contributed by atoms with E-state index in [1.54, 1.807) is 24.3 Å². The van der Waals surface area contributed by atoms with Gasteiger partial charge >= 0.3 is 0 Å². The molecular weight excluding hydrogens is 265 g/mol. The van der Waals surface area contributed by atoms with E-state index in [1.807, 2.05) is 19.1 Å².